The Labute approximate surface area is 210 Å². The van der Waals surface area contributed by atoms with Gasteiger partial charge in [-0.25, -0.2) is 4.79 Å². The molecule has 2 aliphatic carbocycles. The minimum absolute atomic E-state index is 0.0414. The highest BCUT2D eigenvalue weighted by molar-refractivity contribution is 5.91. The fourth-order valence-corrected chi connectivity index (χ4v) is 6.48. The summed E-state index contributed by atoms with van der Waals surface area (Å²) in [4.78, 5) is 36.9. The predicted octanol–water partition coefficient (Wildman–Crippen LogP) is 4.71. The highest BCUT2D eigenvalue weighted by atomic mass is 16.5. The number of methoxy groups -OCH3 is 2. The second kappa shape index (κ2) is 9.30. The number of hydrogen-bond donors (Lipinski definition) is 0. The van der Waals surface area contributed by atoms with Gasteiger partial charge in [-0.3, -0.25) is 9.59 Å². The Morgan fingerprint density at radius 2 is 1.86 bits per heavy atom. The SMILES string of the molecule is C=C1CC[C@@H]2C(C)(C)C(=O)[C@H](OC(C)=O)C[C@]2(C)[C@H]1COc1c(OC)cc2ccc(=O)oc2c1OC. The Morgan fingerprint density at radius 1 is 1.14 bits per heavy atom. The van der Waals surface area contributed by atoms with Crippen molar-refractivity contribution in [3.05, 3.63) is 40.8 Å². The third kappa shape index (κ3) is 4.16. The number of carbonyl (C=O) groups is 2. The van der Waals surface area contributed by atoms with Crippen LogP contribution in [0.2, 0.25) is 0 Å². The van der Waals surface area contributed by atoms with Gasteiger partial charge < -0.3 is 23.4 Å². The first-order valence-electron chi connectivity index (χ1n) is 12.1. The van der Waals surface area contributed by atoms with Crippen LogP contribution in [0.15, 0.2) is 39.6 Å². The van der Waals surface area contributed by atoms with Crippen molar-refractivity contribution in [1.82, 2.24) is 0 Å². The first-order chi connectivity index (χ1) is 16.9. The zero-order valence-corrected chi connectivity index (χ0v) is 21.8. The molecule has 0 N–H and O–H groups in total. The van der Waals surface area contributed by atoms with Crippen LogP contribution in [0.25, 0.3) is 11.0 Å². The van der Waals surface area contributed by atoms with E-state index in [2.05, 4.69) is 13.5 Å². The Kier molecular flexibility index (Phi) is 6.66. The lowest BCUT2D eigenvalue weighted by molar-refractivity contribution is -0.175. The van der Waals surface area contributed by atoms with E-state index in [0.717, 1.165) is 18.4 Å². The van der Waals surface area contributed by atoms with Gasteiger partial charge in [-0.15, -0.1) is 0 Å². The quantitative estimate of drug-likeness (QED) is 0.321. The molecule has 0 saturated heterocycles. The molecule has 4 atom stereocenters. The molecule has 0 amide bonds. The standard InChI is InChI=1S/C28H34O8/c1-15-8-10-21-27(3,4)26(31)20(35-16(2)29)13-28(21,5)18(15)14-34-24-19(32-6)12-17-9-11-22(30)36-23(17)25(24)33-7/h9,11-12,18,20-21H,1,8,10,13-14H2,2-7H3/t18-,20+,21+,28+/m0/s1. The van der Waals surface area contributed by atoms with Crippen LogP contribution in [-0.4, -0.2) is 38.7 Å². The molecule has 36 heavy (non-hydrogen) atoms. The summed E-state index contributed by atoms with van der Waals surface area (Å²) in [6.45, 7) is 11.9. The number of rotatable bonds is 6. The molecular formula is C28H34O8. The van der Waals surface area contributed by atoms with Gasteiger partial charge in [0.2, 0.25) is 11.5 Å². The number of benzene rings is 1. The average molecular weight is 499 g/mol. The van der Waals surface area contributed by atoms with Crippen LogP contribution in [0.5, 0.6) is 17.2 Å². The monoisotopic (exact) mass is 498 g/mol. The van der Waals surface area contributed by atoms with E-state index in [4.69, 9.17) is 23.4 Å². The molecule has 194 valence electrons. The lowest BCUT2D eigenvalue weighted by Crippen LogP contribution is -2.59. The lowest BCUT2D eigenvalue weighted by Gasteiger charge is -2.58. The van der Waals surface area contributed by atoms with Crippen molar-refractivity contribution >= 4 is 22.7 Å². The fourth-order valence-electron chi connectivity index (χ4n) is 6.48. The molecule has 2 fully saturated rings. The zero-order chi connectivity index (χ0) is 26.4. The van der Waals surface area contributed by atoms with Gasteiger partial charge in [0, 0.05) is 29.7 Å². The van der Waals surface area contributed by atoms with E-state index >= 15 is 0 Å². The van der Waals surface area contributed by atoms with Crippen LogP contribution in [0, 0.1) is 22.7 Å². The first-order valence-corrected chi connectivity index (χ1v) is 12.1. The topological polar surface area (TPSA) is 101 Å². The first kappa shape index (κ1) is 25.8. The van der Waals surface area contributed by atoms with Crippen LogP contribution in [0.4, 0.5) is 0 Å². The molecule has 2 aliphatic rings. The van der Waals surface area contributed by atoms with Gasteiger partial charge in [-0.05, 0) is 42.7 Å². The zero-order valence-electron chi connectivity index (χ0n) is 21.8. The molecule has 0 spiro atoms. The van der Waals surface area contributed by atoms with Gasteiger partial charge >= 0.3 is 11.6 Å². The van der Waals surface area contributed by atoms with Gasteiger partial charge in [0.25, 0.3) is 0 Å². The third-order valence-electron chi connectivity index (χ3n) is 8.18. The number of esters is 1. The summed E-state index contributed by atoms with van der Waals surface area (Å²) in [6, 6.07) is 4.71. The molecule has 8 heteroatoms. The van der Waals surface area contributed by atoms with Crippen LogP contribution >= 0.6 is 0 Å². The van der Waals surface area contributed by atoms with Gasteiger partial charge in [-0.2, -0.15) is 0 Å². The smallest absolute Gasteiger partial charge is 0.336 e. The maximum absolute atomic E-state index is 13.3. The normalized spacial score (nSPS) is 27.3. The molecule has 1 aromatic heterocycles. The average Bonchev–Trinajstić information content (AvgIpc) is 2.81. The van der Waals surface area contributed by atoms with Gasteiger partial charge in [0.15, 0.2) is 23.2 Å². The van der Waals surface area contributed by atoms with E-state index in [-0.39, 0.29) is 35.6 Å². The van der Waals surface area contributed by atoms with Crippen molar-refractivity contribution in [1.29, 1.82) is 0 Å². The molecule has 0 bridgehead atoms. The maximum atomic E-state index is 13.3. The molecule has 4 rings (SSSR count). The summed E-state index contributed by atoms with van der Waals surface area (Å²) in [6.07, 6.45) is 1.18. The molecular weight excluding hydrogens is 464 g/mol. The molecule has 1 aromatic carbocycles. The minimum atomic E-state index is -0.814. The van der Waals surface area contributed by atoms with E-state index in [1.165, 1.54) is 27.2 Å². The number of Topliss-reactive ketones (excluding diaryl/α,β-unsaturated/α-hetero) is 1. The highest BCUT2D eigenvalue weighted by Gasteiger charge is 2.60. The highest BCUT2D eigenvalue weighted by Crippen LogP contribution is 2.60. The predicted molar refractivity (Wildman–Crippen MR) is 134 cm³/mol. The van der Waals surface area contributed by atoms with Gasteiger partial charge in [0.1, 0.15) is 0 Å². The van der Waals surface area contributed by atoms with Crippen molar-refractivity contribution in [2.75, 3.05) is 20.8 Å². The van der Waals surface area contributed by atoms with Crippen LogP contribution in [0.1, 0.15) is 47.0 Å². The molecule has 8 nitrogen and oxygen atoms in total. The molecule has 0 unspecified atom stereocenters. The maximum Gasteiger partial charge on any atom is 0.336 e. The number of fused-ring (bicyclic) bond motifs is 2. The fraction of sp³-hybridized carbons (Fsp3) is 0.536. The van der Waals surface area contributed by atoms with E-state index in [9.17, 15) is 14.4 Å². The molecule has 1 heterocycles. The van der Waals surface area contributed by atoms with E-state index in [1.807, 2.05) is 13.8 Å². The largest absolute Gasteiger partial charge is 0.493 e. The summed E-state index contributed by atoms with van der Waals surface area (Å²) in [5, 5.41) is 0.640. The summed E-state index contributed by atoms with van der Waals surface area (Å²) in [7, 11) is 3.01. The van der Waals surface area contributed by atoms with E-state index in [1.54, 1.807) is 12.1 Å². The Morgan fingerprint density at radius 3 is 2.50 bits per heavy atom. The Balaban J connectivity index is 1.73. The number of ether oxygens (including phenoxy) is 4. The third-order valence-corrected chi connectivity index (χ3v) is 8.18. The van der Waals surface area contributed by atoms with E-state index in [0.29, 0.717) is 23.3 Å². The van der Waals surface area contributed by atoms with Crippen molar-refractivity contribution in [3.8, 4) is 17.2 Å². The van der Waals surface area contributed by atoms with Crippen LogP contribution in [0.3, 0.4) is 0 Å². The molecule has 0 aliphatic heterocycles. The molecule has 2 aromatic rings. The summed E-state index contributed by atoms with van der Waals surface area (Å²) in [5.74, 6) is 0.441. The van der Waals surface area contributed by atoms with Crippen molar-refractivity contribution in [3.63, 3.8) is 0 Å². The van der Waals surface area contributed by atoms with Crippen molar-refractivity contribution < 1.29 is 33.0 Å². The van der Waals surface area contributed by atoms with Crippen LogP contribution in [-0.2, 0) is 14.3 Å². The minimum Gasteiger partial charge on any atom is -0.493 e. The molecule has 0 radical (unpaired) electrons. The second-order valence-corrected chi connectivity index (χ2v) is 10.6. The summed E-state index contributed by atoms with van der Waals surface area (Å²) in [5.41, 5.74) is -0.291. The summed E-state index contributed by atoms with van der Waals surface area (Å²) >= 11 is 0. The number of ketones is 1. The second-order valence-electron chi connectivity index (χ2n) is 10.6. The van der Waals surface area contributed by atoms with Crippen LogP contribution < -0.4 is 19.8 Å². The van der Waals surface area contributed by atoms with Gasteiger partial charge in [0.05, 0.1) is 20.8 Å². The lowest BCUT2D eigenvalue weighted by atomic mass is 9.47. The van der Waals surface area contributed by atoms with E-state index < -0.39 is 28.5 Å². The number of hydrogen-bond acceptors (Lipinski definition) is 8. The van der Waals surface area contributed by atoms with Crippen molar-refractivity contribution in [2.24, 2.45) is 22.7 Å². The Bertz CT molecular complexity index is 1270. The van der Waals surface area contributed by atoms with Gasteiger partial charge in [-0.1, -0.05) is 32.9 Å². The molecule has 2 saturated carbocycles. The number of carbonyl (C=O) groups excluding carboxylic acids is 2. The Hall–Kier alpha value is -3.29. The van der Waals surface area contributed by atoms with Crippen molar-refractivity contribution in [2.45, 2.75) is 53.1 Å². The summed E-state index contributed by atoms with van der Waals surface area (Å²) < 4.78 is 28.5.